The van der Waals surface area contributed by atoms with Crippen LogP contribution in [0.2, 0.25) is 5.02 Å². The predicted octanol–water partition coefficient (Wildman–Crippen LogP) is 4.64. The Morgan fingerprint density at radius 2 is 1.95 bits per heavy atom. The van der Waals surface area contributed by atoms with Gasteiger partial charge in [0.1, 0.15) is 17.2 Å². The summed E-state index contributed by atoms with van der Waals surface area (Å²) in [6, 6.07) is 3.64. The summed E-state index contributed by atoms with van der Waals surface area (Å²) in [6.45, 7) is 6.47. The van der Waals surface area contributed by atoms with E-state index in [4.69, 9.17) is 25.8 Å². The summed E-state index contributed by atoms with van der Waals surface area (Å²) in [6.07, 6.45) is 6.88. The number of anilines is 3. The summed E-state index contributed by atoms with van der Waals surface area (Å²) in [5.74, 6) is 1.47. The smallest absolute Gasteiger partial charge is 0.247 e. The van der Waals surface area contributed by atoms with Crippen molar-refractivity contribution in [3.63, 3.8) is 0 Å². The number of amides is 1. The van der Waals surface area contributed by atoms with Gasteiger partial charge in [0.25, 0.3) is 0 Å². The van der Waals surface area contributed by atoms with E-state index in [0.29, 0.717) is 58.8 Å². The second-order valence-corrected chi connectivity index (χ2v) is 8.47. The number of halogens is 1. The topological polar surface area (TPSA) is 125 Å². The Morgan fingerprint density at radius 3 is 2.63 bits per heavy atom. The number of carbonyl (C=O) groups excluding carboxylic acids is 1. The minimum absolute atomic E-state index is 0.286. The molecular formula is C26H28ClN7O4. The van der Waals surface area contributed by atoms with Crippen LogP contribution in [0.25, 0.3) is 22.2 Å². The van der Waals surface area contributed by atoms with E-state index in [1.807, 2.05) is 13.0 Å². The summed E-state index contributed by atoms with van der Waals surface area (Å²) in [5.41, 5.74) is 3.36. The van der Waals surface area contributed by atoms with E-state index in [2.05, 4.69) is 37.3 Å². The Labute approximate surface area is 224 Å². The number of rotatable bonds is 11. The number of benzene rings is 1. The van der Waals surface area contributed by atoms with Crippen LogP contribution in [0.5, 0.6) is 11.5 Å². The SMILES string of the molecule is C=CC(=O)Nc1cn(CCOC)nc1Nc1ncc2cc(-c3c(Cl)c(OC)cc(OC)c3CC)ncc2n1. The normalized spacial score (nSPS) is 10.9. The van der Waals surface area contributed by atoms with Gasteiger partial charge in [-0.25, -0.2) is 9.97 Å². The molecule has 1 aromatic carbocycles. The molecule has 0 saturated carbocycles. The van der Waals surface area contributed by atoms with Gasteiger partial charge in [0.05, 0.1) is 56.0 Å². The molecule has 0 aliphatic heterocycles. The van der Waals surface area contributed by atoms with Crippen LogP contribution in [0, 0.1) is 0 Å². The first-order valence-electron chi connectivity index (χ1n) is 11.8. The number of hydrogen-bond acceptors (Lipinski definition) is 9. The molecule has 11 nitrogen and oxygen atoms in total. The molecule has 0 aliphatic carbocycles. The molecule has 3 aromatic heterocycles. The van der Waals surface area contributed by atoms with Crippen molar-refractivity contribution < 1.29 is 19.0 Å². The second-order valence-electron chi connectivity index (χ2n) is 8.09. The van der Waals surface area contributed by atoms with E-state index < -0.39 is 0 Å². The lowest BCUT2D eigenvalue weighted by atomic mass is 9.99. The van der Waals surface area contributed by atoms with E-state index in [1.165, 1.54) is 6.08 Å². The molecule has 0 saturated heterocycles. The van der Waals surface area contributed by atoms with Crippen molar-refractivity contribution in [2.24, 2.45) is 0 Å². The lowest BCUT2D eigenvalue weighted by Crippen LogP contribution is -2.08. The maximum atomic E-state index is 11.9. The van der Waals surface area contributed by atoms with E-state index >= 15 is 0 Å². The zero-order valence-corrected chi connectivity index (χ0v) is 22.3. The number of pyridine rings is 1. The van der Waals surface area contributed by atoms with Gasteiger partial charge in [0.15, 0.2) is 5.82 Å². The van der Waals surface area contributed by atoms with Crippen molar-refractivity contribution in [2.45, 2.75) is 19.9 Å². The average molecular weight is 538 g/mol. The van der Waals surface area contributed by atoms with Gasteiger partial charge in [-0.05, 0) is 18.6 Å². The molecule has 0 aliphatic rings. The van der Waals surface area contributed by atoms with E-state index in [0.717, 1.165) is 16.5 Å². The third-order valence-corrected chi connectivity index (χ3v) is 6.15. The molecule has 4 aromatic rings. The summed E-state index contributed by atoms with van der Waals surface area (Å²) in [4.78, 5) is 25.6. The third-order valence-electron chi connectivity index (χ3n) is 5.77. The zero-order chi connectivity index (χ0) is 27.2. The van der Waals surface area contributed by atoms with Crippen LogP contribution in [-0.4, -0.2) is 58.6 Å². The van der Waals surface area contributed by atoms with Crippen molar-refractivity contribution in [3.8, 4) is 22.8 Å². The fraction of sp³-hybridized carbons (Fsp3) is 0.269. The van der Waals surface area contributed by atoms with Crippen molar-refractivity contribution in [1.82, 2.24) is 24.7 Å². The zero-order valence-electron chi connectivity index (χ0n) is 21.5. The lowest BCUT2D eigenvalue weighted by Gasteiger charge is -2.17. The van der Waals surface area contributed by atoms with Gasteiger partial charge in [-0.2, -0.15) is 5.10 Å². The molecule has 0 atom stereocenters. The number of hydrogen-bond donors (Lipinski definition) is 2. The molecule has 12 heteroatoms. The van der Waals surface area contributed by atoms with Crippen LogP contribution in [0.1, 0.15) is 12.5 Å². The molecule has 3 heterocycles. The Balaban J connectivity index is 1.69. The van der Waals surface area contributed by atoms with Gasteiger partial charge in [-0.15, -0.1) is 0 Å². The Hall–Kier alpha value is -4.22. The van der Waals surface area contributed by atoms with Crippen LogP contribution in [0.15, 0.2) is 43.4 Å². The minimum atomic E-state index is -0.366. The fourth-order valence-electron chi connectivity index (χ4n) is 3.92. The van der Waals surface area contributed by atoms with Gasteiger partial charge in [0.2, 0.25) is 11.9 Å². The first-order chi connectivity index (χ1) is 18.4. The number of fused-ring (bicyclic) bond motifs is 1. The van der Waals surface area contributed by atoms with E-state index in [-0.39, 0.29) is 11.9 Å². The number of nitrogens with one attached hydrogen (secondary N) is 2. The summed E-state index contributed by atoms with van der Waals surface area (Å²) < 4.78 is 17.8. The number of nitrogens with zero attached hydrogens (tertiary/aromatic N) is 5. The monoisotopic (exact) mass is 537 g/mol. The number of carbonyl (C=O) groups is 1. The molecule has 198 valence electrons. The summed E-state index contributed by atoms with van der Waals surface area (Å²) in [5, 5.41) is 11.5. The maximum Gasteiger partial charge on any atom is 0.247 e. The van der Waals surface area contributed by atoms with Crippen molar-refractivity contribution >= 4 is 45.9 Å². The molecule has 38 heavy (non-hydrogen) atoms. The molecule has 0 bridgehead atoms. The predicted molar refractivity (Wildman–Crippen MR) is 146 cm³/mol. The highest BCUT2D eigenvalue weighted by atomic mass is 35.5. The van der Waals surface area contributed by atoms with Crippen LogP contribution in [-0.2, 0) is 22.5 Å². The number of ether oxygens (including phenoxy) is 3. The molecule has 1 amide bonds. The van der Waals surface area contributed by atoms with Crippen molar-refractivity contribution in [2.75, 3.05) is 38.6 Å². The first-order valence-corrected chi connectivity index (χ1v) is 12.1. The molecule has 0 spiro atoms. The van der Waals surface area contributed by atoms with Crippen LogP contribution in [0.4, 0.5) is 17.5 Å². The minimum Gasteiger partial charge on any atom is -0.496 e. The molecule has 2 N–H and O–H groups in total. The van der Waals surface area contributed by atoms with Gasteiger partial charge >= 0.3 is 0 Å². The quantitative estimate of drug-likeness (QED) is 0.263. The summed E-state index contributed by atoms with van der Waals surface area (Å²) in [7, 11) is 4.77. The Morgan fingerprint density at radius 1 is 1.16 bits per heavy atom. The third kappa shape index (κ3) is 5.53. The highest BCUT2D eigenvalue weighted by Crippen LogP contribution is 2.43. The highest BCUT2D eigenvalue weighted by molar-refractivity contribution is 6.35. The van der Waals surface area contributed by atoms with Crippen molar-refractivity contribution in [3.05, 3.63) is 54.0 Å². The van der Waals surface area contributed by atoms with E-state index in [9.17, 15) is 4.79 Å². The number of aromatic nitrogens is 5. The molecule has 0 radical (unpaired) electrons. The standard InChI is InChI=1S/C26H28ClN7O4/c1-6-16-20(37-4)11-21(38-5)24(27)23(16)17-10-15-12-29-26(31-18(15)13-28-17)32-25-19(30-22(35)7-2)14-34(33-25)8-9-36-3/h7,10-14H,2,6,8-9H2,1,3-5H3,(H,30,35)(H,29,31,32,33). The van der Waals surface area contributed by atoms with Crippen LogP contribution >= 0.6 is 11.6 Å². The molecule has 0 fully saturated rings. The van der Waals surface area contributed by atoms with Gasteiger partial charge < -0.3 is 24.8 Å². The average Bonchev–Trinajstić information content (AvgIpc) is 3.31. The largest absolute Gasteiger partial charge is 0.496 e. The van der Waals surface area contributed by atoms with E-state index in [1.54, 1.807) is 50.7 Å². The molecule has 4 rings (SSSR count). The van der Waals surface area contributed by atoms with Gasteiger partial charge in [-0.3, -0.25) is 14.5 Å². The Bertz CT molecular complexity index is 1490. The maximum absolute atomic E-state index is 11.9. The van der Waals surface area contributed by atoms with Gasteiger partial charge in [-0.1, -0.05) is 25.1 Å². The highest BCUT2D eigenvalue weighted by Gasteiger charge is 2.20. The lowest BCUT2D eigenvalue weighted by molar-refractivity contribution is -0.111. The number of methoxy groups -OCH3 is 3. The molecule has 0 unspecified atom stereocenters. The van der Waals surface area contributed by atoms with Crippen LogP contribution < -0.4 is 20.1 Å². The van der Waals surface area contributed by atoms with Crippen molar-refractivity contribution in [1.29, 1.82) is 0 Å². The molecular weight excluding hydrogens is 510 g/mol. The Kier molecular flexibility index (Phi) is 8.39. The van der Waals surface area contributed by atoms with Gasteiger partial charge in [0, 0.05) is 35.9 Å². The summed E-state index contributed by atoms with van der Waals surface area (Å²) >= 11 is 6.70. The first kappa shape index (κ1) is 26.8. The van der Waals surface area contributed by atoms with Crippen LogP contribution in [0.3, 0.4) is 0 Å². The second kappa shape index (κ2) is 11.9. The fourth-order valence-corrected chi connectivity index (χ4v) is 4.27.